The van der Waals surface area contributed by atoms with Gasteiger partial charge in [-0.25, -0.2) is 9.78 Å². The van der Waals surface area contributed by atoms with Crippen LogP contribution in [0.2, 0.25) is 0 Å². The molecule has 1 amide bonds. The lowest BCUT2D eigenvalue weighted by Crippen LogP contribution is -2.47. The van der Waals surface area contributed by atoms with Crippen LogP contribution in [0.25, 0.3) is 0 Å². The van der Waals surface area contributed by atoms with Crippen LogP contribution >= 0.6 is 0 Å². The van der Waals surface area contributed by atoms with Gasteiger partial charge in [0.05, 0.1) is 0 Å². The van der Waals surface area contributed by atoms with Crippen molar-refractivity contribution in [2.24, 2.45) is 0 Å². The number of hydrogen-bond acceptors (Lipinski definition) is 4. The molecule has 2 heterocycles. The van der Waals surface area contributed by atoms with E-state index in [1.807, 2.05) is 0 Å². The minimum Gasteiger partial charge on any atom is -0.391 e. The molecule has 0 spiro atoms. The topological polar surface area (TPSA) is 54.5 Å². The van der Waals surface area contributed by atoms with E-state index in [-0.39, 0.29) is 6.09 Å². The van der Waals surface area contributed by atoms with Gasteiger partial charge in [-0.15, -0.1) is 0 Å². The standard InChI is InChI=1S/C10H13N3O2/c14-10(13-7-5-11-6-8-13)15-9-3-1-2-4-12-9/h1-4,11H,5-8H2. The number of hydrogen-bond donors (Lipinski definition) is 1. The molecule has 1 aliphatic heterocycles. The third-order valence-corrected chi connectivity index (χ3v) is 2.20. The molecule has 1 fully saturated rings. The number of carbonyl (C=O) groups excluding carboxylic acids is 1. The molecule has 0 aromatic carbocycles. The zero-order valence-corrected chi connectivity index (χ0v) is 8.35. The molecule has 5 nitrogen and oxygen atoms in total. The van der Waals surface area contributed by atoms with E-state index in [9.17, 15) is 4.79 Å². The van der Waals surface area contributed by atoms with Gasteiger partial charge in [-0.1, -0.05) is 6.07 Å². The molecule has 1 aliphatic rings. The molecule has 5 heteroatoms. The van der Waals surface area contributed by atoms with Crippen molar-refractivity contribution in [1.82, 2.24) is 15.2 Å². The van der Waals surface area contributed by atoms with Gasteiger partial charge < -0.3 is 15.0 Å². The quantitative estimate of drug-likeness (QED) is 0.728. The normalized spacial score (nSPS) is 16.1. The Balaban J connectivity index is 1.91. The second kappa shape index (κ2) is 4.75. The number of rotatable bonds is 1. The molecular formula is C10H13N3O2. The Bertz CT molecular complexity index is 323. The van der Waals surface area contributed by atoms with Crippen LogP contribution in [-0.4, -0.2) is 42.2 Å². The van der Waals surface area contributed by atoms with E-state index >= 15 is 0 Å². The van der Waals surface area contributed by atoms with E-state index in [4.69, 9.17) is 4.74 Å². The van der Waals surface area contributed by atoms with Gasteiger partial charge in [-0.2, -0.15) is 0 Å². The molecule has 0 saturated carbocycles. The van der Waals surface area contributed by atoms with Gasteiger partial charge in [-0.05, 0) is 6.07 Å². The lowest BCUT2D eigenvalue weighted by atomic mass is 10.4. The first-order valence-corrected chi connectivity index (χ1v) is 4.95. The third-order valence-electron chi connectivity index (χ3n) is 2.20. The first kappa shape index (κ1) is 9.92. The van der Waals surface area contributed by atoms with E-state index in [2.05, 4.69) is 10.3 Å². The number of amides is 1. The van der Waals surface area contributed by atoms with Gasteiger partial charge in [0.15, 0.2) is 0 Å². The van der Waals surface area contributed by atoms with Gasteiger partial charge >= 0.3 is 6.09 Å². The van der Waals surface area contributed by atoms with Gasteiger partial charge in [0.2, 0.25) is 5.88 Å². The molecule has 1 N–H and O–H groups in total. The number of nitrogens with zero attached hydrogens (tertiary/aromatic N) is 2. The van der Waals surface area contributed by atoms with E-state index < -0.39 is 0 Å². The molecule has 0 bridgehead atoms. The summed E-state index contributed by atoms with van der Waals surface area (Å²) in [6, 6.07) is 5.23. The van der Waals surface area contributed by atoms with Crippen LogP contribution in [0.3, 0.4) is 0 Å². The van der Waals surface area contributed by atoms with Crippen LogP contribution in [0.15, 0.2) is 24.4 Å². The highest BCUT2D eigenvalue weighted by atomic mass is 16.6. The number of nitrogens with one attached hydrogen (secondary N) is 1. The Hall–Kier alpha value is -1.62. The lowest BCUT2D eigenvalue weighted by Gasteiger charge is -2.26. The molecule has 0 aliphatic carbocycles. The van der Waals surface area contributed by atoms with Gasteiger partial charge in [0, 0.05) is 38.4 Å². The maximum absolute atomic E-state index is 11.6. The summed E-state index contributed by atoms with van der Waals surface area (Å²) in [5.41, 5.74) is 0. The summed E-state index contributed by atoms with van der Waals surface area (Å²) in [4.78, 5) is 17.2. The van der Waals surface area contributed by atoms with Crippen molar-refractivity contribution in [3.05, 3.63) is 24.4 Å². The third kappa shape index (κ3) is 2.66. The summed E-state index contributed by atoms with van der Waals surface area (Å²) in [6.07, 6.45) is 1.27. The fourth-order valence-electron chi connectivity index (χ4n) is 1.41. The molecule has 0 atom stereocenters. The van der Waals surface area contributed by atoms with Crippen molar-refractivity contribution in [1.29, 1.82) is 0 Å². The summed E-state index contributed by atoms with van der Waals surface area (Å²) in [6.45, 7) is 3.01. The molecular weight excluding hydrogens is 194 g/mol. The maximum atomic E-state index is 11.6. The first-order chi connectivity index (χ1) is 7.36. The highest BCUT2D eigenvalue weighted by Gasteiger charge is 2.18. The van der Waals surface area contributed by atoms with Gasteiger partial charge in [-0.3, -0.25) is 0 Å². The van der Waals surface area contributed by atoms with Crippen LogP contribution in [0, 0.1) is 0 Å². The molecule has 2 rings (SSSR count). The minimum atomic E-state index is -0.324. The van der Waals surface area contributed by atoms with Crippen molar-refractivity contribution in [3.8, 4) is 5.88 Å². The summed E-state index contributed by atoms with van der Waals surface area (Å²) in [5.74, 6) is 0.348. The molecule has 1 aromatic heterocycles. The van der Waals surface area contributed by atoms with Crippen LogP contribution < -0.4 is 10.1 Å². The fourth-order valence-corrected chi connectivity index (χ4v) is 1.41. The van der Waals surface area contributed by atoms with Crippen molar-refractivity contribution >= 4 is 6.09 Å². The van der Waals surface area contributed by atoms with Crippen LogP contribution in [-0.2, 0) is 0 Å². The van der Waals surface area contributed by atoms with Gasteiger partial charge in [0.25, 0.3) is 0 Å². The van der Waals surface area contributed by atoms with Crippen molar-refractivity contribution < 1.29 is 9.53 Å². The zero-order chi connectivity index (χ0) is 10.5. The molecule has 0 unspecified atom stereocenters. The van der Waals surface area contributed by atoms with Gasteiger partial charge in [0.1, 0.15) is 0 Å². The number of pyridine rings is 1. The summed E-state index contributed by atoms with van der Waals surface area (Å²) in [5, 5.41) is 3.17. The highest BCUT2D eigenvalue weighted by molar-refractivity contribution is 5.70. The smallest absolute Gasteiger partial charge is 0.391 e. The second-order valence-corrected chi connectivity index (χ2v) is 3.27. The zero-order valence-electron chi connectivity index (χ0n) is 8.35. The van der Waals surface area contributed by atoms with Crippen molar-refractivity contribution in [2.75, 3.05) is 26.2 Å². The Morgan fingerprint density at radius 1 is 1.40 bits per heavy atom. The van der Waals surface area contributed by atoms with Crippen molar-refractivity contribution in [2.45, 2.75) is 0 Å². The summed E-state index contributed by atoms with van der Waals surface area (Å²) < 4.78 is 5.10. The SMILES string of the molecule is O=C(Oc1ccccn1)N1CCNCC1. The summed E-state index contributed by atoms with van der Waals surface area (Å²) in [7, 11) is 0. The molecule has 80 valence electrons. The maximum Gasteiger partial charge on any atom is 0.416 e. The average molecular weight is 207 g/mol. The Labute approximate surface area is 88.1 Å². The predicted molar refractivity (Wildman–Crippen MR) is 54.7 cm³/mol. The summed E-state index contributed by atoms with van der Waals surface area (Å²) >= 11 is 0. The van der Waals surface area contributed by atoms with E-state index in [0.29, 0.717) is 19.0 Å². The monoisotopic (exact) mass is 207 g/mol. The second-order valence-electron chi connectivity index (χ2n) is 3.27. The molecule has 1 saturated heterocycles. The largest absolute Gasteiger partial charge is 0.416 e. The predicted octanol–water partition coefficient (Wildman–Crippen LogP) is 0.486. The number of piperazine rings is 1. The number of aromatic nitrogens is 1. The van der Waals surface area contributed by atoms with E-state index in [1.165, 1.54) is 0 Å². The molecule has 1 aromatic rings. The minimum absolute atomic E-state index is 0.324. The van der Waals surface area contributed by atoms with Crippen LogP contribution in [0.5, 0.6) is 5.88 Å². The lowest BCUT2D eigenvalue weighted by molar-refractivity contribution is 0.144. The first-order valence-electron chi connectivity index (χ1n) is 4.95. The average Bonchev–Trinajstić information content (AvgIpc) is 2.31. The number of carbonyl (C=O) groups is 1. The molecule has 0 radical (unpaired) electrons. The van der Waals surface area contributed by atoms with Crippen LogP contribution in [0.4, 0.5) is 4.79 Å². The number of ether oxygens (including phenoxy) is 1. The fraction of sp³-hybridized carbons (Fsp3) is 0.400. The Morgan fingerprint density at radius 2 is 2.20 bits per heavy atom. The van der Waals surface area contributed by atoms with E-state index in [0.717, 1.165) is 13.1 Å². The Morgan fingerprint density at radius 3 is 2.87 bits per heavy atom. The highest BCUT2D eigenvalue weighted by Crippen LogP contribution is 2.06. The van der Waals surface area contributed by atoms with Crippen LogP contribution in [0.1, 0.15) is 0 Å². The Kier molecular flexibility index (Phi) is 3.14. The van der Waals surface area contributed by atoms with Crippen molar-refractivity contribution in [3.63, 3.8) is 0 Å². The molecule has 15 heavy (non-hydrogen) atoms. The van der Waals surface area contributed by atoms with E-state index in [1.54, 1.807) is 29.3 Å².